The minimum absolute atomic E-state index is 0.547. The van der Waals surface area contributed by atoms with E-state index in [1.165, 1.54) is 0 Å². The number of carbonyl (C=O) groups excluding carboxylic acids is 1. The predicted octanol–water partition coefficient (Wildman–Crippen LogP) is 3.17. The Morgan fingerprint density at radius 3 is 2.26 bits per heavy atom. The summed E-state index contributed by atoms with van der Waals surface area (Å²) in [7, 11) is 0. The highest BCUT2D eigenvalue weighted by Gasteiger charge is 2.11. The molecule has 0 fully saturated rings. The Hall–Kier alpha value is -2.25. The van der Waals surface area contributed by atoms with Crippen molar-refractivity contribution in [3.8, 4) is 11.8 Å². The number of nitriles is 1. The lowest BCUT2D eigenvalue weighted by Crippen LogP contribution is -2.08. The van der Waals surface area contributed by atoms with Gasteiger partial charge in [-0.05, 0) is 42.0 Å². The lowest BCUT2D eigenvalue weighted by molar-refractivity contribution is -0.113. The average Bonchev–Trinajstić information content (AvgIpc) is 2.46. The molecule has 0 aliphatic carbocycles. The summed E-state index contributed by atoms with van der Waals surface area (Å²) >= 11 is 4.19. The molecule has 19 heavy (non-hydrogen) atoms. The fraction of sp³-hybridized carbons (Fsp3) is 0.0667. The van der Waals surface area contributed by atoms with Crippen molar-refractivity contribution < 1.29 is 9.53 Å². The first-order valence-electron chi connectivity index (χ1n) is 5.64. The van der Waals surface area contributed by atoms with Gasteiger partial charge in [-0.15, -0.1) is 12.6 Å². The number of rotatable bonds is 4. The van der Waals surface area contributed by atoms with E-state index in [0.717, 1.165) is 16.7 Å². The van der Waals surface area contributed by atoms with Gasteiger partial charge >= 0.3 is 0 Å². The van der Waals surface area contributed by atoms with E-state index < -0.39 is 6.10 Å². The van der Waals surface area contributed by atoms with E-state index >= 15 is 0 Å². The molecule has 94 valence electrons. The molecular weight excluding hydrogens is 258 g/mol. The third kappa shape index (κ3) is 3.36. The van der Waals surface area contributed by atoms with Gasteiger partial charge in [0, 0.05) is 4.90 Å². The highest BCUT2D eigenvalue weighted by molar-refractivity contribution is 7.80. The molecule has 3 nitrogen and oxygen atoms in total. The van der Waals surface area contributed by atoms with Crippen molar-refractivity contribution in [2.75, 3.05) is 0 Å². The summed E-state index contributed by atoms with van der Waals surface area (Å²) in [6.07, 6.45) is 0.0769. The van der Waals surface area contributed by atoms with E-state index in [4.69, 9.17) is 10.00 Å². The number of ether oxygens (including phenoxy) is 1. The molecule has 0 saturated heterocycles. The van der Waals surface area contributed by atoms with E-state index in [2.05, 4.69) is 12.6 Å². The van der Waals surface area contributed by atoms with Gasteiger partial charge in [0.25, 0.3) is 0 Å². The van der Waals surface area contributed by atoms with Crippen LogP contribution in [0.25, 0.3) is 0 Å². The Labute approximate surface area is 116 Å². The van der Waals surface area contributed by atoms with Crippen LogP contribution in [0.3, 0.4) is 0 Å². The molecule has 4 heteroatoms. The van der Waals surface area contributed by atoms with E-state index in [1.807, 2.05) is 6.07 Å². The molecule has 0 aromatic heterocycles. The number of carbonyl (C=O) groups is 1. The Morgan fingerprint density at radius 1 is 1.11 bits per heavy atom. The maximum atomic E-state index is 11.1. The second-order valence-electron chi connectivity index (χ2n) is 3.90. The summed E-state index contributed by atoms with van der Waals surface area (Å²) in [5.41, 5.74) is 1.31. The van der Waals surface area contributed by atoms with Crippen molar-refractivity contribution in [2.24, 2.45) is 0 Å². The lowest BCUT2D eigenvalue weighted by Gasteiger charge is -2.14. The smallest absolute Gasteiger partial charge is 0.179 e. The average molecular weight is 269 g/mol. The highest BCUT2D eigenvalue weighted by Crippen LogP contribution is 2.22. The Kier molecular flexibility index (Phi) is 4.22. The molecule has 0 saturated carbocycles. The molecule has 0 heterocycles. The molecule has 2 aromatic rings. The van der Waals surface area contributed by atoms with E-state index in [9.17, 15) is 4.79 Å². The highest BCUT2D eigenvalue weighted by atomic mass is 32.1. The van der Waals surface area contributed by atoms with Crippen LogP contribution in [-0.2, 0) is 4.79 Å². The topological polar surface area (TPSA) is 50.1 Å². The number of benzene rings is 2. The first kappa shape index (κ1) is 13.2. The van der Waals surface area contributed by atoms with Gasteiger partial charge in [-0.2, -0.15) is 5.26 Å². The summed E-state index contributed by atoms with van der Waals surface area (Å²) in [4.78, 5) is 11.9. The standard InChI is InChI=1S/C15H11NO2S/c16-9-11-1-5-13(6-2-11)18-15(10-17)12-3-7-14(19)8-4-12/h1-8,10,15,19H. The maximum Gasteiger partial charge on any atom is 0.179 e. The molecule has 0 spiro atoms. The van der Waals surface area contributed by atoms with Crippen LogP contribution in [-0.4, -0.2) is 6.29 Å². The second-order valence-corrected chi connectivity index (χ2v) is 4.42. The fourth-order valence-corrected chi connectivity index (χ4v) is 1.74. The monoisotopic (exact) mass is 269 g/mol. The van der Waals surface area contributed by atoms with Crippen LogP contribution in [0, 0.1) is 11.3 Å². The second kappa shape index (κ2) is 6.07. The molecule has 1 unspecified atom stereocenters. The van der Waals surface area contributed by atoms with Crippen molar-refractivity contribution >= 4 is 18.9 Å². The number of hydrogen-bond acceptors (Lipinski definition) is 4. The minimum Gasteiger partial charge on any atom is -0.478 e. The van der Waals surface area contributed by atoms with Crippen LogP contribution in [0.5, 0.6) is 5.75 Å². The number of thiol groups is 1. The Morgan fingerprint density at radius 2 is 1.74 bits per heavy atom. The van der Waals surface area contributed by atoms with Gasteiger partial charge in [0.05, 0.1) is 11.6 Å². The third-order valence-corrected chi connectivity index (χ3v) is 2.89. The molecular formula is C15H11NO2S. The molecule has 0 amide bonds. The van der Waals surface area contributed by atoms with Gasteiger partial charge in [-0.1, -0.05) is 12.1 Å². The molecule has 0 bridgehead atoms. The Balaban J connectivity index is 2.16. The van der Waals surface area contributed by atoms with Crippen LogP contribution in [0.1, 0.15) is 17.2 Å². The van der Waals surface area contributed by atoms with Crippen LogP contribution in [0.2, 0.25) is 0 Å². The SMILES string of the molecule is N#Cc1ccc(OC(C=O)c2ccc(S)cc2)cc1. The van der Waals surface area contributed by atoms with E-state index in [1.54, 1.807) is 48.5 Å². The zero-order valence-corrected chi connectivity index (χ0v) is 10.9. The first-order valence-corrected chi connectivity index (χ1v) is 6.08. The van der Waals surface area contributed by atoms with Crippen molar-refractivity contribution in [2.45, 2.75) is 11.0 Å². The van der Waals surface area contributed by atoms with Crippen molar-refractivity contribution in [3.05, 3.63) is 59.7 Å². The summed E-state index contributed by atoms with van der Waals surface area (Å²) in [5, 5.41) is 8.71. The molecule has 0 N–H and O–H groups in total. The maximum absolute atomic E-state index is 11.1. The molecule has 0 radical (unpaired) electrons. The third-order valence-electron chi connectivity index (χ3n) is 2.59. The van der Waals surface area contributed by atoms with Gasteiger partial charge in [0.15, 0.2) is 12.4 Å². The van der Waals surface area contributed by atoms with Gasteiger partial charge < -0.3 is 4.74 Å². The first-order chi connectivity index (χ1) is 9.22. The largest absolute Gasteiger partial charge is 0.478 e. The number of hydrogen-bond donors (Lipinski definition) is 1. The number of aldehydes is 1. The fourth-order valence-electron chi connectivity index (χ4n) is 1.59. The van der Waals surface area contributed by atoms with Crippen LogP contribution in [0.15, 0.2) is 53.4 Å². The van der Waals surface area contributed by atoms with Gasteiger partial charge in [-0.25, -0.2) is 0 Å². The number of nitrogens with zero attached hydrogens (tertiary/aromatic N) is 1. The zero-order chi connectivity index (χ0) is 13.7. The van der Waals surface area contributed by atoms with Crippen LogP contribution >= 0.6 is 12.6 Å². The van der Waals surface area contributed by atoms with Crippen molar-refractivity contribution in [1.29, 1.82) is 5.26 Å². The van der Waals surface area contributed by atoms with Crippen LogP contribution < -0.4 is 4.74 Å². The van der Waals surface area contributed by atoms with Crippen LogP contribution in [0.4, 0.5) is 0 Å². The van der Waals surface area contributed by atoms with Crippen molar-refractivity contribution in [1.82, 2.24) is 0 Å². The molecule has 0 aliphatic heterocycles. The summed E-state index contributed by atoms with van der Waals surface area (Å²) in [5.74, 6) is 0.547. The minimum atomic E-state index is -0.665. The normalized spacial score (nSPS) is 11.4. The van der Waals surface area contributed by atoms with Gasteiger partial charge in [-0.3, -0.25) is 4.79 Å². The molecule has 0 aliphatic rings. The Bertz CT molecular complexity index is 600. The van der Waals surface area contributed by atoms with E-state index in [0.29, 0.717) is 11.3 Å². The van der Waals surface area contributed by atoms with E-state index in [-0.39, 0.29) is 0 Å². The summed E-state index contributed by atoms with van der Waals surface area (Å²) in [6, 6.07) is 15.9. The zero-order valence-electron chi connectivity index (χ0n) is 9.98. The van der Waals surface area contributed by atoms with Crippen molar-refractivity contribution in [3.63, 3.8) is 0 Å². The molecule has 1 atom stereocenters. The summed E-state index contributed by atoms with van der Waals surface area (Å²) < 4.78 is 5.59. The van der Waals surface area contributed by atoms with Gasteiger partial charge in [0.1, 0.15) is 5.75 Å². The molecule has 2 rings (SSSR count). The lowest BCUT2D eigenvalue weighted by atomic mass is 10.1. The van der Waals surface area contributed by atoms with Gasteiger partial charge in [0.2, 0.25) is 0 Å². The quantitative estimate of drug-likeness (QED) is 0.685. The molecule has 2 aromatic carbocycles. The summed E-state index contributed by atoms with van der Waals surface area (Å²) in [6.45, 7) is 0. The predicted molar refractivity (Wildman–Crippen MR) is 74.3 cm³/mol.